The predicted molar refractivity (Wildman–Crippen MR) is 117 cm³/mol. The lowest BCUT2D eigenvalue weighted by Crippen LogP contribution is -2.51. The van der Waals surface area contributed by atoms with Crippen molar-refractivity contribution >= 4 is 34.5 Å². The Morgan fingerprint density at radius 3 is 2.55 bits per heavy atom. The number of ketones is 1. The minimum absolute atomic E-state index is 0.00566. The van der Waals surface area contributed by atoms with E-state index in [9.17, 15) is 14.4 Å². The van der Waals surface area contributed by atoms with Crippen molar-refractivity contribution in [3.05, 3.63) is 69.2 Å². The Labute approximate surface area is 183 Å². The second kappa shape index (κ2) is 9.36. The Morgan fingerprint density at radius 1 is 1.06 bits per heavy atom. The molecule has 0 bridgehead atoms. The lowest BCUT2D eigenvalue weighted by Gasteiger charge is -2.34. The van der Waals surface area contributed by atoms with Gasteiger partial charge in [0.15, 0.2) is 11.4 Å². The number of oxazole rings is 1. The van der Waals surface area contributed by atoms with E-state index in [0.717, 1.165) is 5.56 Å². The standard InChI is InChI=1S/C22H23ClN4O4/c23-17-4-1-15(2-5-17)14-24-21(29)27-11-9-26(10-12-27)8-7-19(28)16-3-6-18-20(13-16)31-22(30)25-18/h1-6,13H,7-12,14H2,(H,24,29)(H,25,30). The van der Waals surface area contributed by atoms with Crippen molar-refractivity contribution in [2.45, 2.75) is 13.0 Å². The fraction of sp³-hybridized carbons (Fsp3) is 0.318. The minimum Gasteiger partial charge on any atom is -0.408 e. The molecule has 0 unspecified atom stereocenters. The number of hydrogen-bond donors (Lipinski definition) is 2. The first-order chi connectivity index (χ1) is 15.0. The number of rotatable bonds is 6. The number of nitrogens with one attached hydrogen (secondary N) is 2. The number of fused-ring (bicyclic) bond motifs is 1. The molecule has 9 heteroatoms. The van der Waals surface area contributed by atoms with Gasteiger partial charge in [0.05, 0.1) is 5.52 Å². The average Bonchev–Trinajstić information content (AvgIpc) is 3.16. The number of carbonyl (C=O) groups is 2. The number of aromatic nitrogens is 1. The Hall–Kier alpha value is -3.10. The Morgan fingerprint density at radius 2 is 1.81 bits per heavy atom. The fourth-order valence-electron chi connectivity index (χ4n) is 3.59. The lowest BCUT2D eigenvalue weighted by atomic mass is 10.1. The third-order valence-corrected chi connectivity index (χ3v) is 5.67. The van der Waals surface area contributed by atoms with Crippen LogP contribution in [-0.4, -0.2) is 59.3 Å². The third kappa shape index (κ3) is 5.34. The van der Waals surface area contributed by atoms with Gasteiger partial charge in [0, 0.05) is 56.3 Å². The largest absolute Gasteiger partial charge is 0.417 e. The van der Waals surface area contributed by atoms with E-state index in [4.69, 9.17) is 16.0 Å². The highest BCUT2D eigenvalue weighted by atomic mass is 35.5. The summed E-state index contributed by atoms with van der Waals surface area (Å²) in [5, 5.41) is 3.60. The molecule has 0 atom stereocenters. The van der Waals surface area contributed by atoms with Gasteiger partial charge in [-0.15, -0.1) is 0 Å². The van der Waals surface area contributed by atoms with E-state index >= 15 is 0 Å². The van der Waals surface area contributed by atoms with Crippen LogP contribution < -0.4 is 11.1 Å². The van der Waals surface area contributed by atoms with Gasteiger partial charge < -0.3 is 14.6 Å². The van der Waals surface area contributed by atoms with E-state index < -0.39 is 5.76 Å². The van der Waals surface area contributed by atoms with Crippen LogP contribution in [0.4, 0.5) is 4.79 Å². The van der Waals surface area contributed by atoms with Gasteiger partial charge in [0.25, 0.3) is 0 Å². The van der Waals surface area contributed by atoms with Gasteiger partial charge in [-0.3, -0.25) is 14.7 Å². The van der Waals surface area contributed by atoms with Crippen molar-refractivity contribution in [2.75, 3.05) is 32.7 Å². The second-order valence-electron chi connectivity index (χ2n) is 7.51. The number of halogens is 1. The van der Waals surface area contributed by atoms with Crippen LogP contribution in [0.25, 0.3) is 11.1 Å². The highest BCUT2D eigenvalue weighted by Gasteiger charge is 2.21. The van der Waals surface area contributed by atoms with Crippen molar-refractivity contribution in [1.29, 1.82) is 0 Å². The highest BCUT2D eigenvalue weighted by molar-refractivity contribution is 6.30. The summed E-state index contributed by atoms with van der Waals surface area (Å²) < 4.78 is 5.02. The molecule has 2 heterocycles. The summed E-state index contributed by atoms with van der Waals surface area (Å²) in [5.41, 5.74) is 2.48. The van der Waals surface area contributed by atoms with E-state index in [-0.39, 0.29) is 11.8 Å². The normalized spacial score (nSPS) is 14.7. The zero-order chi connectivity index (χ0) is 21.8. The molecular formula is C22H23ClN4O4. The SMILES string of the molecule is O=C(CCN1CCN(C(=O)NCc2ccc(Cl)cc2)CC1)c1ccc2[nH]c(=O)oc2c1. The predicted octanol–water partition coefficient (Wildman–Crippen LogP) is 2.87. The van der Waals surface area contributed by atoms with Crippen LogP contribution in [0.3, 0.4) is 0 Å². The van der Waals surface area contributed by atoms with Crippen molar-refractivity contribution in [2.24, 2.45) is 0 Å². The molecule has 1 aromatic heterocycles. The van der Waals surface area contributed by atoms with Gasteiger partial charge in [-0.1, -0.05) is 23.7 Å². The van der Waals surface area contributed by atoms with Crippen molar-refractivity contribution in [3.8, 4) is 0 Å². The Balaban J connectivity index is 1.21. The molecule has 31 heavy (non-hydrogen) atoms. The summed E-state index contributed by atoms with van der Waals surface area (Å²) in [6.45, 7) is 3.73. The molecule has 2 N–H and O–H groups in total. The minimum atomic E-state index is -0.533. The van der Waals surface area contributed by atoms with Gasteiger partial charge in [0.1, 0.15) is 0 Å². The van der Waals surface area contributed by atoms with Crippen LogP contribution in [0, 0.1) is 0 Å². The molecule has 8 nitrogen and oxygen atoms in total. The molecule has 1 aliphatic heterocycles. The lowest BCUT2D eigenvalue weighted by molar-refractivity contribution is 0.0939. The van der Waals surface area contributed by atoms with Crippen LogP contribution in [0.5, 0.6) is 0 Å². The molecular weight excluding hydrogens is 420 g/mol. The quantitative estimate of drug-likeness (QED) is 0.572. The van der Waals surface area contributed by atoms with Gasteiger partial charge in [-0.05, 0) is 35.9 Å². The van der Waals surface area contributed by atoms with Gasteiger partial charge >= 0.3 is 11.8 Å². The number of hydrogen-bond acceptors (Lipinski definition) is 5. The Kier molecular flexibility index (Phi) is 6.39. The number of benzene rings is 2. The summed E-state index contributed by atoms with van der Waals surface area (Å²) in [4.78, 5) is 42.7. The first-order valence-electron chi connectivity index (χ1n) is 10.1. The molecule has 3 aromatic rings. The van der Waals surface area contributed by atoms with Crippen LogP contribution in [0.1, 0.15) is 22.3 Å². The van der Waals surface area contributed by atoms with Crippen molar-refractivity contribution in [3.63, 3.8) is 0 Å². The summed E-state index contributed by atoms with van der Waals surface area (Å²) in [5.74, 6) is -0.538. The number of urea groups is 1. The third-order valence-electron chi connectivity index (χ3n) is 5.41. The van der Waals surface area contributed by atoms with Crippen molar-refractivity contribution in [1.82, 2.24) is 20.1 Å². The molecule has 4 rings (SSSR count). The van der Waals surface area contributed by atoms with Crippen LogP contribution in [0.15, 0.2) is 51.7 Å². The molecule has 0 saturated carbocycles. The number of amides is 2. The molecule has 1 saturated heterocycles. The van der Waals surface area contributed by atoms with E-state index in [0.29, 0.717) is 67.4 Å². The number of nitrogens with zero attached hydrogens (tertiary/aromatic N) is 2. The molecule has 2 amide bonds. The van der Waals surface area contributed by atoms with E-state index in [1.165, 1.54) is 0 Å². The van der Waals surface area contributed by atoms with Gasteiger partial charge in [0.2, 0.25) is 0 Å². The highest BCUT2D eigenvalue weighted by Crippen LogP contribution is 2.15. The zero-order valence-electron chi connectivity index (χ0n) is 16.9. The second-order valence-corrected chi connectivity index (χ2v) is 7.95. The topological polar surface area (TPSA) is 98.6 Å². The maximum atomic E-state index is 12.5. The van der Waals surface area contributed by atoms with E-state index in [1.807, 2.05) is 12.1 Å². The summed E-state index contributed by atoms with van der Waals surface area (Å²) >= 11 is 5.88. The van der Waals surface area contributed by atoms with Crippen LogP contribution in [0.2, 0.25) is 5.02 Å². The number of carbonyl (C=O) groups excluding carboxylic acids is 2. The first-order valence-corrected chi connectivity index (χ1v) is 10.5. The number of piperazine rings is 1. The average molecular weight is 443 g/mol. The van der Waals surface area contributed by atoms with Crippen LogP contribution in [-0.2, 0) is 6.54 Å². The molecule has 2 aromatic carbocycles. The summed E-state index contributed by atoms with van der Waals surface area (Å²) in [7, 11) is 0. The summed E-state index contributed by atoms with van der Waals surface area (Å²) in [6, 6.07) is 12.3. The molecule has 0 spiro atoms. The van der Waals surface area contributed by atoms with Gasteiger partial charge in [-0.25, -0.2) is 9.59 Å². The van der Waals surface area contributed by atoms with Crippen molar-refractivity contribution < 1.29 is 14.0 Å². The fourth-order valence-corrected chi connectivity index (χ4v) is 3.72. The van der Waals surface area contributed by atoms with E-state index in [1.54, 1.807) is 35.2 Å². The number of Topliss-reactive ketones (excluding diaryl/α,β-unsaturated/α-hetero) is 1. The zero-order valence-corrected chi connectivity index (χ0v) is 17.7. The number of H-pyrrole nitrogens is 1. The Bertz CT molecular complexity index is 1130. The molecule has 0 aliphatic carbocycles. The maximum absolute atomic E-state index is 12.5. The van der Waals surface area contributed by atoms with E-state index in [2.05, 4.69) is 15.2 Å². The molecule has 0 radical (unpaired) electrons. The maximum Gasteiger partial charge on any atom is 0.417 e. The number of aromatic amines is 1. The van der Waals surface area contributed by atoms with Crippen LogP contribution >= 0.6 is 11.6 Å². The monoisotopic (exact) mass is 442 g/mol. The summed E-state index contributed by atoms with van der Waals surface area (Å²) in [6.07, 6.45) is 0.364. The molecule has 162 valence electrons. The smallest absolute Gasteiger partial charge is 0.408 e. The van der Waals surface area contributed by atoms with Gasteiger partial charge in [-0.2, -0.15) is 0 Å². The molecule has 1 aliphatic rings. The first kappa shape index (κ1) is 21.1. The molecule has 1 fully saturated rings.